The maximum atomic E-state index is 9.80. The van der Waals surface area contributed by atoms with Gasteiger partial charge in [-0.3, -0.25) is 0 Å². The molecule has 1 fully saturated rings. The number of phosphoric acid groups is 1. The zero-order chi connectivity index (χ0) is 12.5. The van der Waals surface area contributed by atoms with Crippen molar-refractivity contribution in [3.8, 4) is 0 Å². The highest BCUT2D eigenvalue weighted by molar-refractivity contribution is 7.54. The van der Waals surface area contributed by atoms with Gasteiger partial charge in [-0.05, 0) is 25.9 Å². The van der Waals surface area contributed by atoms with Gasteiger partial charge < -0.3 is 20.0 Å². The van der Waals surface area contributed by atoms with Crippen LogP contribution in [0.15, 0.2) is 0 Å². The van der Waals surface area contributed by atoms with Crippen molar-refractivity contribution in [2.45, 2.75) is 12.8 Å². The molecule has 1 rings (SSSR count). The Kier molecular flexibility index (Phi) is 9.84. The number of hydrogen-bond acceptors (Lipinski definition) is 2. The Morgan fingerprint density at radius 3 is 1.27 bits per heavy atom. The summed E-state index contributed by atoms with van der Waals surface area (Å²) in [6.07, 6.45) is 2.78. The van der Waals surface area contributed by atoms with Crippen molar-refractivity contribution in [1.82, 2.24) is 5.32 Å². The van der Waals surface area contributed by atoms with Gasteiger partial charge in [0.2, 0.25) is 0 Å². The summed E-state index contributed by atoms with van der Waals surface area (Å²) in [6.45, 7) is 2.50. The number of halogens is 4. The van der Waals surface area contributed by atoms with Crippen LogP contribution in [0.3, 0.4) is 0 Å². The molecule has 0 spiro atoms. The summed E-state index contributed by atoms with van der Waals surface area (Å²) in [4.78, 5) is 21.6. The lowest BCUT2D eigenvalue weighted by molar-refractivity contribution is 0.275. The highest BCUT2D eigenvalue weighted by Crippen LogP contribution is 2.65. The topological polar surface area (TPSA) is 89.8 Å². The second-order valence-electron chi connectivity index (χ2n) is 2.35. The van der Waals surface area contributed by atoms with Gasteiger partial charge in [0.15, 0.2) is 0 Å². The first kappa shape index (κ1) is 17.6. The molecule has 0 unspecified atom stereocenters. The van der Waals surface area contributed by atoms with E-state index >= 15 is 0 Å². The number of nitrogens with one attached hydrogen (secondary N) is 1. The SMILES string of the molecule is C1CCNC1.F[P+](F)(F)F.O=P(O)(O)O. The molecule has 1 heterocycles. The number of rotatable bonds is 0. The Balaban J connectivity index is 0. The van der Waals surface area contributed by atoms with Crippen LogP contribution in [-0.2, 0) is 4.57 Å². The van der Waals surface area contributed by atoms with Gasteiger partial charge in [-0.15, -0.1) is 0 Å². The third-order valence-electron chi connectivity index (χ3n) is 0.957. The smallest absolute Gasteiger partial charge is 0.317 e. The van der Waals surface area contributed by atoms with Crippen LogP contribution >= 0.6 is 16.3 Å². The van der Waals surface area contributed by atoms with Gasteiger partial charge in [-0.1, -0.05) is 0 Å². The molecule has 94 valence electrons. The lowest BCUT2D eigenvalue weighted by atomic mass is 10.4. The fraction of sp³-hybridized carbons (Fsp3) is 1.00. The molecule has 0 aliphatic carbocycles. The summed E-state index contributed by atoms with van der Waals surface area (Å²) >= 11 is 0. The molecule has 0 aromatic heterocycles. The molecular formula is C4H12F4NO4P2+. The molecule has 0 aromatic rings. The van der Waals surface area contributed by atoms with Gasteiger partial charge in [0.25, 0.3) is 0 Å². The Hall–Kier alpha value is 0.220. The Morgan fingerprint density at radius 1 is 1.00 bits per heavy atom. The van der Waals surface area contributed by atoms with Gasteiger partial charge in [0.05, 0.1) is 16.8 Å². The molecular weight excluding hydrogens is 264 g/mol. The minimum atomic E-state index is -6.39. The van der Waals surface area contributed by atoms with Crippen molar-refractivity contribution >= 4 is 16.3 Å². The van der Waals surface area contributed by atoms with Crippen LogP contribution in [0.5, 0.6) is 0 Å². The normalized spacial score (nSPS) is 15.9. The first-order valence-corrected chi connectivity index (χ1v) is 6.58. The minimum Gasteiger partial charge on any atom is -0.317 e. The monoisotopic (exact) mass is 276 g/mol. The Morgan fingerprint density at radius 2 is 1.20 bits per heavy atom. The molecule has 1 aliphatic rings. The molecule has 5 nitrogen and oxygen atoms in total. The van der Waals surface area contributed by atoms with E-state index in [1.807, 2.05) is 0 Å². The Labute approximate surface area is 84.6 Å². The summed E-state index contributed by atoms with van der Waals surface area (Å²) in [6, 6.07) is 0. The van der Waals surface area contributed by atoms with Crippen molar-refractivity contribution in [2.75, 3.05) is 13.1 Å². The molecule has 0 saturated carbocycles. The first-order valence-electron chi connectivity index (χ1n) is 3.67. The molecule has 15 heavy (non-hydrogen) atoms. The Bertz CT molecular complexity index is 170. The summed E-state index contributed by atoms with van der Waals surface area (Å²) in [5, 5.41) is 3.22. The standard InChI is InChI=1S/C4H9N.F4P.H3O4P/c1-2-4-5-3-1;2*1-5(2,3)4/h5H,1-4H2;;(H3,1,2,3,4)/q;+1;. The minimum absolute atomic E-state index is 1.25. The van der Waals surface area contributed by atoms with E-state index < -0.39 is 16.3 Å². The molecule has 0 aromatic carbocycles. The van der Waals surface area contributed by atoms with Gasteiger partial charge >= 0.3 is 16.3 Å². The van der Waals surface area contributed by atoms with Gasteiger partial charge in [-0.2, -0.15) is 0 Å². The highest BCUT2D eigenvalue weighted by Gasteiger charge is 2.44. The van der Waals surface area contributed by atoms with Crippen LogP contribution in [0.2, 0.25) is 0 Å². The molecule has 11 heteroatoms. The van der Waals surface area contributed by atoms with Gasteiger partial charge in [0, 0.05) is 0 Å². The molecule has 0 atom stereocenters. The number of hydrogen-bond donors (Lipinski definition) is 4. The van der Waals surface area contributed by atoms with Crippen molar-refractivity contribution < 1.29 is 36.0 Å². The van der Waals surface area contributed by atoms with E-state index in [4.69, 9.17) is 19.2 Å². The van der Waals surface area contributed by atoms with Gasteiger partial charge in [-0.25, -0.2) is 4.57 Å². The highest BCUT2D eigenvalue weighted by atomic mass is 31.3. The largest absolute Gasteiger partial charge is 0.755 e. The maximum absolute atomic E-state index is 9.80. The molecule has 0 radical (unpaired) electrons. The zero-order valence-corrected chi connectivity index (χ0v) is 9.27. The lowest BCUT2D eigenvalue weighted by Gasteiger charge is -1.82. The quantitative estimate of drug-likeness (QED) is 0.401. The van der Waals surface area contributed by atoms with Crippen molar-refractivity contribution in [2.24, 2.45) is 0 Å². The summed E-state index contributed by atoms with van der Waals surface area (Å²) in [5.74, 6) is 0. The molecule has 1 saturated heterocycles. The third-order valence-corrected chi connectivity index (χ3v) is 0.957. The molecule has 0 amide bonds. The van der Waals surface area contributed by atoms with Crippen LogP contribution in [0, 0.1) is 0 Å². The first-order chi connectivity index (χ1) is 6.50. The molecule has 4 N–H and O–H groups in total. The predicted molar refractivity (Wildman–Crippen MR) is 47.7 cm³/mol. The van der Waals surface area contributed by atoms with Crippen molar-refractivity contribution in [3.05, 3.63) is 0 Å². The summed E-state index contributed by atoms with van der Waals surface area (Å²) < 4.78 is 48.1. The van der Waals surface area contributed by atoms with E-state index in [9.17, 15) is 16.8 Å². The van der Waals surface area contributed by atoms with E-state index in [0.717, 1.165) is 0 Å². The second-order valence-corrected chi connectivity index (χ2v) is 4.15. The molecule has 0 bridgehead atoms. The van der Waals surface area contributed by atoms with E-state index in [-0.39, 0.29) is 0 Å². The fourth-order valence-corrected chi connectivity index (χ4v) is 0.625. The lowest BCUT2D eigenvalue weighted by Crippen LogP contribution is -2.03. The van der Waals surface area contributed by atoms with Crippen LogP contribution in [0.1, 0.15) is 12.8 Å². The average Bonchev–Trinajstić information content (AvgIpc) is 2.28. The average molecular weight is 276 g/mol. The maximum Gasteiger partial charge on any atom is 0.755 e. The predicted octanol–water partition coefficient (Wildman–Crippen LogP) is 1.98. The summed E-state index contributed by atoms with van der Waals surface area (Å²) in [5.41, 5.74) is 0. The van der Waals surface area contributed by atoms with E-state index in [1.54, 1.807) is 0 Å². The summed E-state index contributed by atoms with van der Waals surface area (Å²) in [7, 11) is -11.0. The van der Waals surface area contributed by atoms with Gasteiger partial charge in [0.1, 0.15) is 0 Å². The van der Waals surface area contributed by atoms with E-state index in [0.29, 0.717) is 0 Å². The third kappa shape index (κ3) is 77.9. The van der Waals surface area contributed by atoms with E-state index in [2.05, 4.69) is 5.32 Å². The second kappa shape index (κ2) is 8.38. The van der Waals surface area contributed by atoms with Crippen LogP contribution in [0.4, 0.5) is 16.8 Å². The van der Waals surface area contributed by atoms with Crippen LogP contribution in [-0.4, -0.2) is 27.8 Å². The molecule has 1 aliphatic heterocycles. The zero-order valence-electron chi connectivity index (χ0n) is 7.48. The van der Waals surface area contributed by atoms with Crippen molar-refractivity contribution in [1.29, 1.82) is 0 Å². The van der Waals surface area contributed by atoms with E-state index in [1.165, 1.54) is 25.9 Å². The van der Waals surface area contributed by atoms with Crippen molar-refractivity contribution in [3.63, 3.8) is 0 Å². The van der Waals surface area contributed by atoms with Crippen LogP contribution < -0.4 is 5.32 Å². The fourth-order valence-electron chi connectivity index (χ4n) is 0.625. The van der Waals surface area contributed by atoms with Crippen LogP contribution in [0.25, 0.3) is 0 Å².